The van der Waals surface area contributed by atoms with Crippen LogP contribution in [-0.4, -0.2) is 18.4 Å². The summed E-state index contributed by atoms with van der Waals surface area (Å²) >= 11 is 6.28. The number of dihydropyridines is 1. The molecule has 4 rings (SSSR count). The van der Waals surface area contributed by atoms with E-state index in [2.05, 4.69) is 5.32 Å². The van der Waals surface area contributed by atoms with Crippen molar-refractivity contribution in [1.82, 2.24) is 5.32 Å². The maximum Gasteiger partial charge on any atom is 0.337 e. The van der Waals surface area contributed by atoms with Gasteiger partial charge in [-0.15, -0.1) is 0 Å². The number of ether oxygens (including phenoxy) is 1. The van der Waals surface area contributed by atoms with Crippen LogP contribution in [0.4, 0.5) is 4.39 Å². The second-order valence-electron chi connectivity index (χ2n) is 7.27. The summed E-state index contributed by atoms with van der Waals surface area (Å²) in [6.07, 6.45) is 1.34. The Balaban J connectivity index is 1.98. The number of hydrogen-bond acceptors (Lipinski definition) is 4. The molecule has 130 valence electrons. The number of Topliss-reactive ketones (excluding diaryl/α,β-unsaturated/α-hetero) is 1. The summed E-state index contributed by atoms with van der Waals surface area (Å²) in [5.74, 6) is -1.98. The van der Waals surface area contributed by atoms with Crippen molar-refractivity contribution >= 4 is 23.4 Å². The molecule has 6 heteroatoms. The fourth-order valence-corrected chi connectivity index (χ4v) is 4.11. The Morgan fingerprint density at radius 1 is 1.24 bits per heavy atom. The van der Waals surface area contributed by atoms with Crippen LogP contribution >= 0.6 is 11.6 Å². The predicted molar refractivity (Wildman–Crippen MR) is 90.3 cm³/mol. The van der Waals surface area contributed by atoms with Gasteiger partial charge in [0.05, 0.1) is 17.2 Å². The van der Waals surface area contributed by atoms with E-state index in [4.69, 9.17) is 16.3 Å². The summed E-state index contributed by atoms with van der Waals surface area (Å²) in [4.78, 5) is 25.5. The molecule has 1 atom stereocenters. The Morgan fingerprint density at radius 2 is 2.00 bits per heavy atom. The molecule has 2 heterocycles. The molecule has 25 heavy (non-hydrogen) atoms. The Kier molecular flexibility index (Phi) is 3.55. The van der Waals surface area contributed by atoms with Crippen LogP contribution in [0.3, 0.4) is 0 Å². The minimum absolute atomic E-state index is 0.0863. The van der Waals surface area contributed by atoms with Crippen LogP contribution in [0, 0.1) is 11.2 Å². The molecule has 0 aromatic heterocycles. The van der Waals surface area contributed by atoms with Gasteiger partial charge in [0.1, 0.15) is 12.4 Å². The Labute approximate surface area is 149 Å². The second-order valence-corrected chi connectivity index (χ2v) is 7.67. The van der Waals surface area contributed by atoms with Crippen LogP contribution in [0.5, 0.6) is 0 Å². The highest BCUT2D eigenvalue weighted by molar-refractivity contribution is 6.31. The van der Waals surface area contributed by atoms with Crippen molar-refractivity contribution in [1.29, 1.82) is 0 Å². The number of nitrogens with one attached hydrogen (secondary N) is 1. The molecule has 1 aromatic rings. The lowest BCUT2D eigenvalue weighted by Crippen LogP contribution is -2.40. The second kappa shape index (κ2) is 5.43. The molecule has 0 saturated carbocycles. The molecule has 1 aromatic carbocycles. The topological polar surface area (TPSA) is 55.4 Å². The molecule has 0 fully saturated rings. The number of esters is 1. The lowest BCUT2D eigenvalue weighted by atomic mass is 9.67. The van der Waals surface area contributed by atoms with Crippen molar-refractivity contribution in [3.8, 4) is 0 Å². The van der Waals surface area contributed by atoms with Gasteiger partial charge in [0.15, 0.2) is 5.78 Å². The molecule has 1 N–H and O–H groups in total. The van der Waals surface area contributed by atoms with Crippen LogP contribution in [0.15, 0.2) is 40.7 Å². The number of rotatable bonds is 1. The monoisotopic (exact) mass is 361 g/mol. The minimum Gasteiger partial charge on any atom is -0.456 e. The molecule has 2 aliphatic heterocycles. The molecule has 0 amide bonds. The largest absolute Gasteiger partial charge is 0.456 e. The van der Waals surface area contributed by atoms with E-state index in [0.717, 1.165) is 5.70 Å². The molecular weight excluding hydrogens is 345 g/mol. The minimum atomic E-state index is -0.831. The zero-order valence-corrected chi connectivity index (χ0v) is 14.7. The van der Waals surface area contributed by atoms with Crippen LogP contribution in [0.1, 0.15) is 38.2 Å². The molecule has 1 unspecified atom stereocenters. The van der Waals surface area contributed by atoms with Gasteiger partial charge in [0.25, 0.3) is 0 Å². The predicted octanol–water partition coefficient (Wildman–Crippen LogP) is 3.62. The molecule has 3 aliphatic rings. The number of benzene rings is 1. The summed E-state index contributed by atoms with van der Waals surface area (Å²) in [6.45, 7) is 3.84. The van der Waals surface area contributed by atoms with Gasteiger partial charge in [0, 0.05) is 27.3 Å². The molecule has 0 bridgehead atoms. The lowest BCUT2D eigenvalue weighted by Gasteiger charge is -2.38. The average molecular weight is 362 g/mol. The standard InChI is InChI=1S/C19H17ClFNO3/c1-19(2)7-6-11-14(17(19)23)16(13-9(20)4-3-5-10(13)21)15-12(22-11)8-25-18(15)24/h3-5,16,22H,6-8H2,1-2H3. The highest BCUT2D eigenvalue weighted by Crippen LogP contribution is 2.49. The first kappa shape index (κ1) is 16.3. The van der Waals surface area contributed by atoms with Crippen LogP contribution in [0.2, 0.25) is 5.02 Å². The van der Waals surface area contributed by atoms with Crippen molar-refractivity contribution in [2.45, 2.75) is 32.6 Å². The summed E-state index contributed by atoms with van der Waals surface area (Å²) < 4.78 is 19.8. The third kappa shape index (κ3) is 2.33. The Hall–Kier alpha value is -2.14. The van der Waals surface area contributed by atoms with Crippen molar-refractivity contribution in [2.24, 2.45) is 5.41 Å². The molecule has 0 spiro atoms. The van der Waals surface area contributed by atoms with E-state index in [1.807, 2.05) is 13.8 Å². The van der Waals surface area contributed by atoms with Gasteiger partial charge in [-0.3, -0.25) is 4.79 Å². The highest BCUT2D eigenvalue weighted by atomic mass is 35.5. The number of allylic oxidation sites excluding steroid dienone is 2. The Morgan fingerprint density at radius 3 is 2.72 bits per heavy atom. The third-order valence-corrected chi connectivity index (χ3v) is 5.57. The molecule has 0 radical (unpaired) electrons. The zero-order chi connectivity index (χ0) is 17.9. The van der Waals surface area contributed by atoms with Gasteiger partial charge in [-0.05, 0) is 25.0 Å². The third-order valence-electron chi connectivity index (χ3n) is 5.24. The molecular formula is C19H17ClFNO3. The molecule has 4 nitrogen and oxygen atoms in total. The zero-order valence-electron chi connectivity index (χ0n) is 13.9. The summed E-state index contributed by atoms with van der Waals surface area (Å²) in [5.41, 5.74) is 1.65. The van der Waals surface area contributed by atoms with E-state index < -0.39 is 23.1 Å². The number of carbonyl (C=O) groups excluding carboxylic acids is 2. The van der Waals surface area contributed by atoms with E-state index >= 15 is 0 Å². The molecule has 0 saturated heterocycles. The first-order valence-electron chi connectivity index (χ1n) is 8.20. The van der Waals surface area contributed by atoms with Gasteiger partial charge < -0.3 is 10.1 Å². The van der Waals surface area contributed by atoms with Gasteiger partial charge in [0.2, 0.25) is 0 Å². The Bertz CT molecular complexity index is 864. The SMILES string of the molecule is CC1(C)CCC2=C(C1=O)C(c1c(F)cccc1Cl)C1=C(COC1=O)N2. The average Bonchev–Trinajstić information content (AvgIpc) is 2.92. The normalized spacial score (nSPS) is 24.7. The molecule has 1 aliphatic carbocycles. The van der Waals surface area contributed by atoms with Crippen LogP contribution < -0.4 is 5.32 Å². The van der Waals surface area contributed by atoms with E-state index in [1.165, 1.54) is 12.1 Å². The number of cyclic esters (lactones) is 1. The fraction of sp³-hybridized carbons (Fsp3) is 0.368. The fourth-order valence-electron chi connectivity index (χ4n) is 3.84. The smallest absolute Gasteiger partial charge is 0.337 e. The maximum atomic E-state index is 14.7. The summed E-state index contributed by atoms with van der Waals surface area (Å²) in [6, 6.07) is 4.37. The quantitative estimate of drug-likeness (QED) is 0.776. The van der Waals surface area contributed by atoms with Gasteiger partial charge in [-0.2, -0.15) is 0 Å². The first-order valence-corrected chi connectivity index (χ1v) is 8.58. The number of carbonyl (C=O) groups is 2. The van der Waals surface area contributed by atoms with E-state index in [9.17, 15) is 14.0 Å². The van der Waals surface area contributed by atoms with Crippen molar-refractivity contribution in [3.63, 3.8) is 0 Å². The maximum absolute atomic E-state index is 14.7. The van der Waals surface area contributed by atoms with Gasteiger partial charge in [-0.25, -0.2) is 9.18 Å². The highest BCUT2D eigenvalue weighted by Gasteiger charge is 2.48. The van der Waals surface area contributed by atoms with Crippen LogP contribution in [0.25, 0.3) is 0 Å². The van der Waals surface area contributed by atoms with Gasteiger partial charge in [-0.1, -0.05) is 31.5 Å². The van der Waals surface area contributed by atoms with E-state index in [1.54, 1.807) is 6.07 Å². The number of halogens is 2. The number of hydrogen-bond donors (Lipinski definition) is 1. The van der Waals surface area contributed by atoms with Gasteiger partial charge >= 0.3 is 5.97 Å². The van der Waals surface area contributed by atoms with Crippen molar-refractivity contribution in [2.75, 3.05) is 6.61 Å². The van der Waals surface area contributed by atoms with E-state index in [-0.39, 0.29) is 28.5 Å². The first-order chi connectivity index (χ1) is 11.8. The van der Waals surface area contributed by atoms with Crippen molar-refractivity contribution < 1.29 is 18.7 Å². The van der Waals surface area contributed by atoms with Crippen LogP contribution in [-0.2, 0) is 14.3 Å². The van der Waals surface area contributed by atoms with Crippen molar-refractivity contribution in [3.05, 3.63) is 57.1 Å². The summed E-state index contributed by atoms with van der Waals surface area (Å²) in [5, 5.41) is 3.38. The number of ketones is 1. The summed E-state index contributed by atoms with van der Waals surface area (Å²) in [7, 11) is 0. The lowest BCUT2D eigenvalue weighted by molar-refractivity contribution is -0.136. The van der Waals surface area contributed by atoms with E-state index in [0.29, 0.717) is 24.1 Å².